The highest BCUT2D eigenvalue weighted by Gasteiger charge is 1.95. The second-order valence-electron chi connectivity index (χ2n) is 1.90. The molecule has 1 heteroatoms. The molecule has 43 valence electrons. The molecule has 0 saturated heterocycles. The minimum atomic E-state index is -0.190. The molecule has 1 unspecified atom stereocenters. The third-order valence-corrected chi connectivity index (χ3v) is 0.901. The highest BCUT2D eigenvalue weighted by molar-refractivity contribution is 4.60. The number of alkyl halides is 1. The van der Waals surface area contributed by atoms with Crippen molar-refractivity contribution in [2.45, 2.75) is 20.3 Å². The van der Waals surface area contributed by atoms with Crippen LogP contribution >= 0.6 is 0 Å². The summed E-state index contributed by atoms with van der Waals surface area (Å²) in [6.45, 7) is 3.66. The van der Waals surface area contributed by atoms with Crippen LogP contribution in [0.15, 0.2) is 0 Å². The van der Waals surface area contributed by atoms with Gasteiger partial charge in [-0.1, -0.05) is 13.8 Å². The summed E-state index contributed by atoms with van der Waals surface area (Å²) in [7, 11) is 0. The lowest BCUT2D eigenvalue weighted by atomic mass is 10.1. The molecule has 0 heterocycles. The van der Waals surface area contributed by atoms with E-state index in [9.17, 15) is 4.39 Å². The van der Waals surface area contributed by atoms with E-state index in [0.29, 0.717) is 0 Å². The molecule has 0 aliphatic carbocycles. The van der Waals surface area contributed by atoms with Gasteiger partial charge in [-0.05, 0) is 18.8 Å². The van der Waals surface area contributed by atoms with Crippen LogP contribution in [0.25, 0.3) is 0 Å². The average molecular weight is 103 g/mol. The Balaban J connectivity index is 2.83. The Bertz CT molecular complexity index is 35.2. The number of hydrogen-bond donors (Lipinski definition) is 0. The van der Waals surface area contributed by atoms with Crippen molar-refractivity contribution in [1.82, 2.24) is 0 Å². The highest BCUT2D eigenvalue weighted by atomic mass is 19.1. The lowest BCUT2D eigenvalue weighted by molar-refractivity contribution is 0.379. The van der Waals surface area contributed by atoms with Crippen molar-refractivity contribution in [2.24, 2.45) is 5.92 Å². The molecule has 0 nitrogen and oxygen atoms in total. The maximum atomic E-state index is 11.6. The Morgan fingerprint density at radius 3 is 2.43 bits per heavy atom. The van der Waals surface area contributed by atoms with Crippen LogP contribution in [0.2, 0.25) is 0 Å². The van der Waals surface area contributed by atoms with Gasteiger partial charge in [0, 0.05) is 0 Å². The molecule has 0 aromatic rings. The van der Waals surface area contributed by atoms with Gasteiger partial charge in [-0.15, -0.1) is 0 Å². The third kappa shape index (κ3) is 3.77. The lowest BCUT2D eigenvalue weighted by Crippen LogP contribution is -1.94. The first-order valence-electron chi connectivity index (χ1n) is 2.65. The SMILES string of the molecule is C[CH]CC(C)CF. The fraction of sp³-hybridized carbons (Fsp3) is 0.833. The summed E-state index contributed by atoms with van der Waals surface area (Å²) in [5.41, 5.74) is 0. The van der Waals surface area contributed by atoms with Gasteiger partial charge in [-0.25, -0.2) is 0 Å². The second-order valence-corrected chi connectivity index (χ2v) is 1.90. The molecule has 0 saturated carbocycles. The van der Waals surface area contributed by atoms with E-state index in [-0.39, 0.29) is 12.6 Å². The molecular weight excluding hydrogens is 91.1 g/mol. The summed E-state index contributed by atoms with van der Waals surface area (Å²) in [6, 6.07) is 0. The predicted molar refractivity (Wildman–Crippen MR) is 29.7 cm³/mol. The predicted octanol–water partition coefficient (Wildman–Crippen LogP) is 2.21. The molecule has 1 atom stereocenters. The molecule has 7 heavy (non-hydrogen) atoms. The summed E-state index contributed by atoms with van der Waals surface area (Å²) in [5, 5.41) is 0. The number of rotatable bonds is 3. The highest BCUT2D eigenvalue weighted by Crippen LogP contribution is 2.02. The summed E-state index contributed by atoms with van der Waals surface area (Å²) in [6.07, 6.45) is 2.89. The van der Waals surface area contributed by atoms with Gasteiger partial charge in [0.2, 0.25) is 0 Å². The summed E-state index contributed by atoms with van der Waals surface area (Å²) >= 11 is 0. The van der Waals surface area contributed by atoms with Crippen LogP contribution in [0.5, 0.6) is 0 Å². The third-order valence-electron chi connectivity index (χ3n) is 0.901. The summed E-state index contributed by atoms with van der Waals surface area (Å²) < 4.78 is 11.6. The largest absolute Gasteiger partial charge is 0.251 e. The fourth-order valence-corrected chi connectivity index (χ4v) is 0.465. The van der Waals surface area contributed by atoms with Crippen LogP contribution in [-0.2, 0) is 0 Å². The van der Waals surface area contributed by atoms with Gasteiger partial charge >= 0.3 is 0 Å². The van der Waals surface area contributed by atoms with Crippen LogP contribution < -0.4 is 0 Å². The van der Waals surface area contributed by atoms with Crippen molar-refractivity contribution in [2.75, 3.05) is 6.67 Å². The van der Waals surface area contributed by atoms with E-state index in [1.165, 1.54) is 0 Å². The number of hydrogen-bond acceptors (Lipinski definition) is 0. The molecule has 0 aliphatic heterocycles. The van der Waals surface area contributed by atoms with E-state index in [0.717, 1.165) is 6.42 Å². The van der Waals surface area contributed by atoms with E-state index < -0.39 is 0 Å². The number of halogens is 1. The molecule has 0 aliphatic rings. The zero-order valence-corrected chi connectivity index (χ0v) is 4.95. The molecule has 0 N–H and O–H groups in total. The normalized spacial score (nSPS) is 14.1. The van der Waals surface area contributed by atoms with Crippen molar-refractivity contribution < 1.29 is 4.39 Å². The Kier molecular flexibility index (Phi) is 4.06. The topological polar surface area (TPSA) is 0 Å². The van der Waals surface area contributed by atoms with Crippen molar-refractivity contribution in [3.8, 4) is 0 Å². The Hall–Kier alpha value is -0.0700. The van der Waals surface area contributed by atoms with E-state index in [2.05, 4.69) is 0 Å². The minimum absolute atomic E-state index is 0.190. The van der Waals surface area contributed by atoms with E-state index in [1.54, 1.807) is 0 Å². The Morgan fingerprint density at radius 1 is 1.71 bits per heavy atom. The monoisotopic (exact) mass is 103 g/mol. The van der Waals surface area contributed by atoms with Crippen molar-refractivity contribution >= 4 is 0 Å². The maximum absolute atomic E-state index is 11.6. The molecular formula is C6H12F. The van der Waals surface area contributed by atoms with Crippen molar-refractivity contribution in [3.05, 3.63) is 6.42 Å². The van der Waals surface area contributed by atoms with Crippen LogP contribution in [0.4, 0.5) is 4.39 Å². The van der Waals surface area contributed by atoms with Gasteiger partial charge < -0.3 is 0 Å². The van der Waals surface area contributed by atoms with Crippen LogP contribution in [0, 0.1) is 12.3 Å². The molecule has 0 aromatic heterocycles. The zero-order valence-electron chi connectivity index (χ0n) is 4.95. The Morgan fingerprint density at radius 2 is 2.29 bits per heavy atom. The van der Waals surface area contributed by atoms with Gasteiger partial charge in [-0.2, -0.15) is 0 Å². The van der Waals surface area contributed by atoms with Gasteiger partial charge in [0.25, 0.3) is 0 Å². The minimum Gasteiger partial charge on any atom is -0.251 e. The maximum Gasteiger partial charge on any atom is 0.0920 e. The van der Waals surface area contributed by atoms with Crippen LogP contribution in [0.1, 0.15) is 20.3 Å². The first-order valence-corrected chi connectivity index (χ1v) is 2.65. The Labute approximate surface area is 44.7 Å². The van der Waals surface area contributed by atoms with Crippen molar-refractivity contribution in [3.63, 3.8) is 0 Å². The average Bonchev–Trinajstić information content (AvgIpc) is 1.68. The smallest absolute Gasteiger partial charge is 0.0920 e. The summed E-state index contributed by atoms with van der Waals surface area (Å²) in [4.78, 5) is 0. The molecule has 0 bridgehead atoms. The van der Waals surface area contributed by atoms with E-state index in [1.807, 2.05) is 20.3 Å². The quantitative estimate of drug-likeness (QED) is 0.513. The zero-order chi connectivity index (χ0) is 5.70. The summed E-state index contributed by atoms with van der Waals surface area (Å²) in [5.74, 6) is 0.227. The van der Waals surface area contributed by atoms with Gasteiger partial charge in [0.15, 0.2) is 0 Å². The standard InChI is InChI=1S/C6H12F/c1-3-4-6(2)5-7/h3,6H,4-5H2,1-2H3. The molecule has 0 aromatic carbocycles. The van der Waals surface area contributed by atoms with Crippen LogP contribution in [0.3, 0.4) is 0 Å². The van der Waals surface area contributed by atoms with E-state index in [4.69, 9.17) is 0 Å². The van der Waals surface area contributed by atoms with Crippen molar-refractivity contribution in [1.29, 1.82) is 0 Å². The van der Waals surface area contributed by atoms with Gasteiger partial charge in [0.05, 0.1) is 6.67 Å². The first kappa shape index (κ1) is 6.93. The molecule has 1 radical (unpaired) electrons. The van der Waals surface area contributed by atoms with Crippen LogP contribution in [-0.4, -0.2) is 6.67 Å². The molecule has 0 amide bonds. The van der Waals surface area contributed by atoms with Gasteiger partial charge in [-0.3, -0.25) is 4.39 Å². The molecule has 0 fully saturated rings. The van der Waals surface area contributed by atoms with E-state index >= 15 is 0 Å². The molecule has 0 rings (SSSR count). The second kappa shape index (κ2) is 4.10. The molecule has 0 spiro atoms. The first-order chi connectivity index (χ1) is 3.31. The lowest BCUT2D eigenvalue weighted by Gasteiger charge is -1.99. The fourth-order valence-electron chi connectivity index (χ4n) is 0.465. The van der Waals surface area contributed by atoms with Gasteiger partial charge in [0.1, 0.15) is 0 Å².